The van der Waals surface area contributed by atoms with Crippen LogP contribution in [-0.4, -0.2) is 17.5 Å². The van der Waals surface area contributed by atoms with Gasteiger partial charge in [0.1, 0.15) is 0 Å². The van der Waals surface area contributed by atoms with Crippen LogP contribution in [0, 0.1) is 11.8 Å². The standard InChI is InChI=1S/C14H26N2O.ClH/c1-10-7-11(2)9-12(8-10)16-13(17)14(15)5-3-4-6-14;/h10-12H,3-9,15H2,1-2H3,(H,16,17);1H. The van der Waals surface area contributed by atoms with Gasteiger partial charge in [0.15, 0.2) is 0 Å². The SMILES string of the molecule is CC1CC(C)CC(NC(=O)C2(N)CCCC2)C1.Cl. The average Bonchev–Trinajstić information content (AvgIpc) is 2.64. The van der Waals surface area contributed by atoms with Gasteiger partial charge in [0.2, 0.25) is 5.91 Å². The summed E-state index contributed by atoms with van der Waals surface area (Å²) in [5.74, 6) is 1.55. The van der Waals surface area contributed by atoms with E-state index in [-0.39, 0.29) is 18.3 Å². The number of carbonyl (C=O) groups is 1. The third kappa shape index (κ3) is 3.61. The van der Waals surface area contributed by atoms with Crippen molar-refractivity contribution in [2.24, 2.45) is 17.6 Å². The third-order valence-corrected chi connectivity index (χ3v) is 4.46. The number of nitrogens with two attached hydrogens (primary N) is 1. The fourth-order valence-corrected chi connectivity index (χ4v) is 3.63. The Labute approximate surface area is 117 Å². The predicted octanol–water partition coefficient (Wildman–Crippen LogP) is 2.62. The Kier molecular flexibility index (Phi) is 5.47. The summed E-state index contributed by atoms with van der Waals surface area (Å²) in [7, 11) is 0. The van der Waals surface area contributed by atoms with E-state index in [2.05, 4.69) is 19.2 Å². The van der Waals surface area contributed by atoms with Gasteiger partial charge < -0.3 is 11.1 Å². The van der Waals surface area contributed by atoms with Crippen molar-refractivity contribution in [1.29, 1.82) is 0 Å². The van der Waals surface area contributed by atoms with Crippen LogP contribution in [-0.2, 0) is 4.79 Å². The van der Waals surface area contributed by atoms with Crippen molar-refractivity contribution in [1.82, 2.24) is 5.32 Å². The Hall–Kier alpha value is -0.280. The van der Waals surface area contributed by atoms with Crippen molar-refractivity contribution in [3.05, 3.63) is 0 Å². The molecule has 0 radical (unpaired) electrons. The Balaban J connectivity index is 0.00000162. The first-order valence-corrected chi connectivity index (χ1v) is 7.09. The van der Waals surface area contributed by atoms with Gasteiger partial charge in [-0.3, -0.25) is 4.79 Å². The Morgan fingerprint density at radius 3 is 2.11 bits per heavy atom. The molecule has 2 aliphatic carbocycles. The molecule has 2 saturated carbocycles. The van der Waals surface area contributed by atoms with E-state index in [1.54, 1.807) is 0 Å². The molecule has 0 aromatic heterocycles. The van der Waals surface area contributed by atoms with Crippen LogP contribution in [0.2, 0.25) is 0 Å². The van der Waals surface area contributed by atoms with E-state index in [1.807, 2.05) is 0 Å². The Morgan fingerprint density at radius 2 is 1.61 bits per heavy atom. The maximum atomic E-state index is 12.2. The second-order valence-electron chi connectivity index (χ2n) is 6.45. The molecule has 4 heteroatoms. The van der Waals surface area contributed by atoms with Crippen molar-refractivity contribution >= 4 is 18.3 Å². The first-order valence-electron chi connectivity index (χ1n) is 7.09. The molecular formula is C14H27ClN2O. The second-order valence-corrected chi connectivity index (χ2v) is 6.45. The molecule has 18 heavy (non-hydrogen) atoms. The van der Waals surface area contributed by atoms with Gasteiger partial charge in [0.25, 0.3) is 0 Å². The highest BCUT2D eigenvalue weighted by atomic mass is 35.5. The van der Waals surface area contributed by atoms with Crippen LogP contribution in [0.4, 0.5) is 0 Å². The summed E-state index contributed by atoms with van der Waals surface area (Å²) in [6.45, 7) is 4.56. The van der Waals surface area contributed by atoms with E-state index < -0.39 is 5.54 Å². The van der Waals surface area contributed by atoms with Gasteiger partial charge in [-0.1, -0.05) is 26.7 Å². The van der Waals surface area contributed by atoms with Crippen LogP contribution < -0.4 is 11.1 Å². The number of nitrogens with one attached hydrogen (secondary N) is 1. The monoisotopic (exact) mass is 274 g/mol. The van der Waals surface area contributed by atoms with E-state index in [0.717, 1.165) is 50.4 Å². The highest BCUT2D eigenvalue weighted by molar-refractivity contribution is 5.86. The molecule has 2 atom stereocenters. The van der Waals surface area contributed by atoms with Crippen LogP contribution in [0.15, 0.2) is 0 Å². The molecule has 0 saturated heterocycles. The molecule has 0 heterocycles. The van der Waals surface area contributed by atoms with Gasteiger partial charge in [-0.2, -0.15) is 0 Å². The summed E-state index contributed by atoms with van der Waals surface area (Å²) in [6, 6.07) is 0.349. The Bertz CT molecular complexity index is 280. The molecule has 106 valence electrons. The lowest BCUT2D eigenvalue weighted by molar-refractivity contribution is -0.127. The number of halogens is 1. The van der Waals surface area contributed by atoms with Gasteiger partial charge in [0, 0.05) is 6.04 Å². The van der Waals surface area contributed by atoms with Gasteiger partial charge in [-0.25, -0.2) is 0 Å². The van der Waals surface area contributed by atoms with E-state index in [9.17, 15) is 4.79 Å². The van der Waals surface area contributed by atoms with Crippen LogP contribution in [0.5, 0.6) is 0 Å². The molecule has 2 unspecified atom stereocenters. The minimum Gasteiger partial charge on any atom is -0.352 e. The fourth-order valence-electron chi connectivity index (χ4n) is 3.63. The Morgan fingerprint density at radius 1 is 1.11 bits per heavy atom. The molecule has 1 amide bonds. The zero-order valence-corrected chi connectivity index (χ0v) is 12.4. The van der Waals surface area contributed by atoms with Crippen molar-refractivity contribution in [3.63, 3.8) is 0 Å². The number of amides is 1. The molecule has 0 aromatic carbocycles. The minimum atomic E-state index is -0.566. The van der Waals surface area contributed by atoms with E-state index in [1.165, 1.54) is 6.42 Å². The fraction of sp³-hybridized carbons (Fsp3) is 0.929. The molecule has 0 spiro atoms. The summed E-state index contributed by atoms with van der Waals surface area (Å²) in [5, 5.41) is 3.20. The summed E-state index contributed by atoms with van der Waals surface area (Å²) < 4.78 is 0. The summed E-state index contributed by atoms with van der Waals surface area (Å²) in [6.07, 6.45) is 7.44. The predicted molar refractivity (Wildman–Crippen MR) is 76.7 cm³/mol. The maximum absolute atomic E-state index is 12.2. The van der Waals surface area contributed by atoms with Crippen molar-refractivity contribution in [2.45, 2.75) is 70.4 Å². The normalized spacial score (nSPS) is 34.7. The van der Waals surface area contributed by atoms with Crippen LogP contribution >= 0.6 is 12.4 Å². The van der Waals surface area contributed by atoms with Gasteiger partial charge in [-0.05, 0) is 43.9 Å². The van der Waals surface area contributed by atoms with Gasteiger partial charge in [0.05, 0.1) is 5.54 Å². The molecule has 0 aliphatic heterocycles. The lowest BCUT2D eigenvalue weighted by Crippen LogP contribution is -2.55. The largest absolute Gasteiger partial charge is 0.352 e. The van der Waals surface area contributed by atoms with Crippen LogP contribution in [0.3, 0.4) is 0 Å². The van der Waals surface area contributed by atoms with Crippen molar-refractivity contribution < 1.29 is 4.79 Å². The lowest BCUT2D eigenvalue weighted by atomic mass is 9.80. The molecular weight excluding hydrogens is 248 g/mol. The first kappa shape index (κ1) is 15.8. The summed E-state index contributed by atoms with van der Waals surface area (Å²) in [4.78, 5) is 12.2. The number of hydrogen-bond acceptors (Lipinski definition) is 2. The zero-order chi connectivity index (χ0) is 12.5. The minimum absolute atomic E-state index is 0. The lowest BCUT2D eigenvalue weighted by Gasteiger charge is -2.34. The number of carbonyl (C=O) groups excluding carboxylic acids is 1. The summed E-state index contributed by atoms with van der Waals surface area (Å²) in [5.41, 5.74) is 5.61. The topological polar surface area (TPSA) is 55.1 Å². The van der Waals surface area contributed by atoms with Crippen molar-refractivity contribution in [2.75, 3.05) is 0 Å². The molecule has 0 aromatic rings. The molecule has 0 bridgehead atoms. The van der Waals surface area contributed by atoms with Crippen LogP contribution in [0.1, 0.15) is 58.8 Å². The second kappa shape index (κ2) is 6.25. The summed E-state index contributed by atoms with van der Waals surface area (Å²) >= 11 is 0. The highest BCUT2D eigenvalue weighted by Gasteiger charge is 2.38. The van der Waals surface area contributed by atoms with E-state index in [0.29, 0.717) is 6.04 Å². The van der Waals surface area contributed by atoms with Crippen LogP contribution in [0.25, 0.3) is 0 Å². The number of hydrogen-bond donors (Lipinski definition) is 2. The quantitative estimate of drug-likeness (QED) is 0.813. The number of rotatable bonds is 2. The molecule has 2 rings (SSSR count). The molecule has 2 fully saturated rings. The third-order valence-electron chi connectivity index (χ3n) is 4.46. The molecule has 3 nitrogen and oxygen atoms in total. The van der Waals surface area contributed by atoms with Gasteiger partial charge in [-0.15, -0.1) is 12.4 Å². The molecule has 3 N–H and O–H groups in total. The van der Waals surface area contributed by atoms with E-state index >= 15 is 0 Å². The van der Waals surface area contributed by atoms with Gasteiger partial charge >= 0.3 is 0 Å². The maximum Gasteiger partial charge on any atom is 0.240 e. The van der Waals surface area contributed by atoms with E-state index in [4.69, 9.17) is 5.73 Å². The zero-order valence-electron chi connectivity index (χ0n) is 11.6. The highest BCUT2D eigenvalue weighted by Crippen LogP contribution is 2.31. The smallest absolute Gasteiger partial charge is 0.240 e. The average molecular weight is 275 g/mol. The first-order chi connectivity index (χ1) is 7.99. The molecule has 2 aliphatic rings. The van der Waals surface area contributed by atoms with Crippen molar-refractivity contribution in [3.8, 4) is 0 Å².